The van der Waals surface area contributed by atoms with Crippen LogP contribution in [-0.2, 0) is 0 Å². The van der Waals surface area contributed by atoms with E-state index < -0.39 is 0 Å². The Kier molecular flexibility index (Phi) is 3.94. The molecule has 0 aliphatic carbocycles. The van der Waals surface area contributed by atoms with Crippen molar-refractivity contribution in [1.29, 1.82) is 0 Å². The van der Waals surface area contributed by atoms with Gasteiger partial charge in [0.15, 0.2) is 5.76 Å². The largest absolute Gasteiger partial charge is 0.451 e. The lowest BCUT2D eigenvalue weighted by Gasteiger charge is -2.32. The maximum Gasteiger partial charge on any atom is 0.289 e. The van der Waals surface area contributed by atoms with Crippen LogP contribution in [0.15, 0.2) is 28.7 Å². The van der Waals surface area contributed by atoms with Crippen molar-refractivity contribution >= 4 is 28.5 Å². The first kappa shape index (κ1) is 14.5. The van der Waals surface area contributed by atoms with Crippen molar-refractivity contribution in [2.45, 2.75) is 32.1 Å². The number of hydrogen-bond donors (Lipinski definition) is 0. The van der Waals surface area contributed by atoms with E-state index in [9.17, 15) is 4.79 Å². The zero-order valence-electron chi connectivity index (χ0n) is 12.4. The third-order valence-corrected chi connectivity index (χ3v) is 4.72. The summed E-state index contributed by atoms with van der Waals surface area (Å²) in [6.45, 7) is 5.59. The molecule has 112 valence electrons. The Balaban J connectivity index is 1.75. The zero-order chi connectivity index (χ0) is 15.0. The number of hydrogen-bond acceptors (Lipinski definition) is 2. The van der Waals surface area contributed by atoms with Crippen molar-refractivity contribution in [3.63, 3.8) is 0 Å². The number of nitrogens with zero attached hydrogens (tertiary/aromatic N) is 1. The van der Waals surface area contributed by atoms with Crippen LogP contribution in [0.3, 0.4) is 0 Å². The number of piperidine rings is 1. The van der Waals surface area contributed by atoms with E-state index >= 15 is 0 Å². The summed E-state index contributed by atoms with van der Waals surface area (Å²) in [4.78, 5) is 14.4. The van der Waals surface area contributed by atoms with Crippen LogP contribution < -0.4 is 0 Å². The van der Waals surface area contributed by atoms with Crippen LogP contribution in [0.5, 0.6) is 0 Å². The zero-order valence-corrected chi connectivity index (χ0v) is 13.2. The van der Waals surface area contributed by atoms with Crippen molar-refractivity contribution in [3.8, 4) is 0 Å². The molecule has 1 aliphatic rings. The summed E-state index contributed by atoms with van der Waals surface area (Å²) in [5.41, 5.74) is 1.94. The van der Waals surface area contributed by atoms with Gasteiger partial charge in [-0.25, -0.2) is 0 Å². The summed E-state index contributed by atoms with van der Waals surface area (Å²) in [5.74, 6) is 0.937. The van der Waals surface area contributed by atoms with Gasteiger partial charge in [-0.15, -0.1) is 11.6 Å². The van der Waals surface area contributed by atoms with Gasteiger partial charge in [0.1, 0.15) is 5.58 Å². The number of fused-ring (bicyclic) bond motifs is 1. The van der Waals surface area contributed by atoms with E-state index in [2.05, 4.69) is 0 Å². The lowest BCUT2D eigenvalue weighted by Crippen LogP contribution is -2.39. The lowest BCUT2D eigenvalue weighted by molar-refractivity contribution is 0.0660. The van der Waals surface area contributed by atoms with Crippen molar-refractivity contribution in [3.05, 3.63) is 35.6 Å². The number of likely N-dealkylation sites (tertiary alicyclic amines) is 1. The Bertz CT molecular complexity index is 654. The molecule has 3 rings (SSSR count). The van der Waals surface area contributed by atoms with E-state index in [-0.39, 0.29) is 11.3 Å². The Hall–Kier alpha value is -1.48. The van der Waals surface area contributed by atoms with Gasteiger partial charge in [-0.1, -0.05) is 11.6 Å². The fourth-order valence-electron chi connectivity index (χ4n) is 2.99. The van der Waals surface area contributed by atoms with E-state index in [0.717, 1.165) is 36.9 Å². The maximum absolute atomic E-state index is 12.5. The highest BCUT2D eigenvalue weighted by Gasteiger charge is 2.27. The van der Waals surface area contributed by atoms with E-state index in [1.165, 1.54) is 5.56 Å². The number of carbonyl (C=O) groups excluding carboxylic acids is 1. The molecule has 1 aromatic carbocycles. The van der Waals surface area contributed by atoms with Gasteiger partial charge in [0.05, 0.1) is 0 Å². The molecule has 2 heterocycles. The number of alkyl halides is 1. The van der Waals surface area contributed by atoms with E-state index in [1.54, 1.807) is 0 Å². The number of aryl methyl sites for hydroxylation is 1. The molecule has 1 aromatic heterocycles. The van der Waals surface area contributed by atoms with Crippen LogP contribution in [0.4, 0.5) is 0 Å². The molecule has 1 aliphatic heterocycles. The molecule has 0 radical (unpaired) electrons. The quantitative estimate of drug-likeness (QED) is 0.778. The minimum atomic E-state index is -0.00970. The third kappa shape index (κ3) is 2.93. The topological polar surface area (TPSA) is 33.5 Å². The molecule has 3 nitrogen and oxygen atoms in total. The van der Waals surface area contributed by atoms with Crippen molar-refractivity contribution in [1.82, 2.24) is 4.90 Å². The fourth-order valence-corrected chi connectivity index (χ4v) is 3.24. The van der Waals surface area contributed by atoms with Crippen LogP contribution in [0.2, 0.25) is 0 Å². The highest BCUT2D eigenvalue weighted by molar-refractivity contribution is 6.20. The van der Waals surface area contributed by atoms with E-state index in [1.807, 2.05) is 43.0 Å². The van der Waals surface area contributed by atoms with Gasteiger partial charge in [-0.05, 0) is 50.8 Å². The number of benzene rings is 1. The minimum Gasteiger partial charge on any atom is -0.451 e. The van der Waals surface area contributed by atoms with Crippen LogP contribution >= 0.6 is 11.6 Å². The van der Waals surface area contributed by atoms with Gasteiger partial charge < -0.3 is 9.32 Å². The summed E-state index contributed by atoms with van der Waals surface area (Å²) in [6, 6.07) is 7.80. The second-order valence-corrected chi connectivity index (χ2v) is 6.65. The first-order valence-electron chi connectivity index (χ1n) is 7.48. The SMILES string of the molecule is Cc1ccc2oc(C(=O)N3CCC(C(C)Cl)CC3)cc2c1. The number of carbonyl (C=O) groups is 1. The number of furan rings is 1. The number of amides is 1. The maximum atomic E-state index is 12.5. The number of rotatable bonds is 2. The Morgan fingerprint density at radius 1 is 1.33 bits per heavy atom. The molecule has 0 bridgehead atoms. The molecule has 0 N–H and O–H groups in total. The monoisotopic (exact) mass is 305 g/mol. The molecule has 4 heteroatoms. The Morgan fingerprint density at radius 2 is 2.05 bits per heavy atom. The van der Waals surface area contributed by atoms with E-state index in [0.29, 0.717) is 11.7 Å². The minimum absolute atomic E-state index is 0.00970. The summed E-state index contributed by atoms with van der Waals surface area (Å²) in [5, 5.41) is 1.17. The molecule has 2 aromatic rings. The van der Waals surface area contributed by atoms with Crippen molar-refractivity contribution in [2.24, 2.45) is 5.92 Å². The predicted molar refractivity (Wildman–Crippen MR) is 84.9 cm³/mol. The van der Waals surface area contributed by atoms with Crippen molar-refractivity contribution < 1.29 is 9.21 Å². The molecule has 1 fully saturated rings. The second-order valence-electron chi connectivity index (χ2n) is 5.96. The fraction of sp³-hybridized carbons (Fsp3) is 0.471. The predicted octanol–water partition coefficient (Wildman–Crippen LogP) is 4.22. The van der Waals surface area contributed by atoms with Gasteiger partial charge in [-0.2, -0.15) is 0 Å². The summed E-state index contributed by atoms with van der Waals surface area (Å²) >= 11 is 6.15. The average Bonchev–Trinajstić information content (AvgIpc) is 2.89. The van der Waals surface area contributed by atoms with Gasteiger partial charge >= 0.3 is 0 Å². The standard InChI is InChI=1S/C17H20ClNO2/c1-11-3-4-15-14(9-11)10-16(21-15)17(20)19-7-5-13(6-8-19)12(2)18/h3-4,9-10,12-13H,5-8H2,1-2H3. The molecule has 1 amide bonds. The lowest BCUT2D eigenvalue weighted by atomic mass is 9.94. The van der Waals surface area contributed by atoms with E-state index in [4.69, 9.17) is 16.0 Å². The summed E-state index contributed by atoms with van der Waals surface area (Å²) in [7, 11) is 0. The molecule has 1 unspecified atom stereocenters. The van der Waals surface area contributed by atoms with Crippen molar-refractivity contribution in [2.75, 3.05) is 13.1 Å². The highest BCUT2D eigenvalue weighted by Crippen LogP contribution is 2.26. The van der Waals surface area contributed by atoms with Crippen LogP contribution in [0.1, 0.15) is 35.9 Å². The van der Waals surface area contributed by atoms with Gasteiger partial charge in [0.25, 0.3) is 5.91 Å². The molecular formula is C17H20ClNO2. The first-order valence-corrected chi connectivity index (χ1v) is 7.92. The van der Waals surface area contributed by atoms with Crippen LogP contribution in [-0.4, -0.2) is 29.3 Å². The van der Waals surface area contributed by atoms with Crippen LogP contribution in [0, 0.1) is 12.8 Å². The smallest absolute Gasteiger partial charge is 0.289 e. The Morgan fingerprint density at radius 3 is 2.71 bits per heavy atom. The van der Waals surface area contributed by atoms with Gasteiger partial charge in [0.2, 0.25) is 0 Å². The van der Waals surface area contributed by atoms with Gasteiger partial charge in [-0.3, -0.25) is 4.79 Å². The summed E-state index contributed by atoms with van der Waals surface area (Å²) in [6.07, 6.45) is 1.94. The molecule has 0 saturated carbocycles. The van der Waals surface area contributed by atoms with Gasteiger partial charge in [0, 0.05) is 23.9 Å². The third-order valence-electron chi connectivity index (χ3n) is 4.36. The second kappa shape index (κ2) is 5.72. The molecule has 21 heavy (non-hydrogen) atoms. The van der Waals surface area contributed by atoms with Crippen LogP contribution in [0.25, 0.3) is 11.0 Å². The highest BCUT2D eigenvalue weighted by atomic mass is 35.5. The normalized spacial score (nSPS) is 18.1. The molecule has 0 spiro atoms. The molecule has 1 saturated heterocycles. The Labute approximate surface area is 129 Å². The number of halogens is 1. The molecular weight excluding hydrogens is 286 g/mol. The average molecular weight is 306 g/mol. The first-order chi connectivity index (χ1) is 10.0. The summed E-state index contributed by atoms with van der Waals surface area (Å²) < 4.78 is 5.70. The molecule has 1 atom stereocenters.